The number of aromatic nitrogens is 2. The molecule has 0 radical (unpaired) electrons. The number of hydrogen-bond donors (Lipinski definition) is 1. The van der Waals surface area contributed by atoms with E-state index in [-0.39, 0.29) is 5.69 Å². The molecule has 0 atom stereocenters. The molecule has 0 unspecified atom stereocenters. The number of nitrogens with zero attached hydrogens (tertiary/aromatic N) is 2. The first-order valence-corrected chi connectivity index (χ1v) is 4.32. The fraction of sp³-hybridized carbons (Fsp3) is 0. The number of hydrogen-bond acceptors (Lipinski definition) is 2. The van der Waals surface area contributed by atoms with Gasteiger partial charge in [0.1, 0.15) is 5.69 Å². The molecule has 2 rings (SSSR count). The summed E-state index contributed by atoms with van der Waals surface area (Å²) in [6.07, 6.45) is 3.33. The van der Waals surface area contributed by atoms with Crippen molar-refractivity contribution in [1.82, 2.24) is 9.66 Å². The van der Waals surface area contributed by atoms with Gasteiger partial charge in [-0.1, -0.05) is 6.07 Å². The van der Waals surface area contributed by atoms with Crippen molar-refractivity contribution in [1.29, 1.82) is 0 Å². The number of pyridine rings is 1. The minimum Gasteiger partial charge on any atom is -0.268 e. The highest BCUT2D eigenvalue weighted by atomic mass is 19.1. The van der Waals surface area contributed by atoms with Gasteiger partial charge in [0, 0.05) is 12.4 Å². The molecule has 0 aromatic carbocycles. The van der Waals surface area contributed by atoms with E-state index in [1.54, 1.807) is 24.5 Å². The molecule has 2 aromatic rings. The van der Waals surface area contributed by atoms with Crippen molar-refractivity contribution < 1.29 is 9.18 Å². The SMILES string of the molecule is O=C(Nn1cccc1)c1cccc(F)n1. The van der Waals surface area contributed by atoms with Crippen LogP contribution in [0.4, 0.5) is 4.39 Å². The average Bonchev–Trinajstić information content (AvgIpc) is 2.70. The number of amides is 1. The predicted octanol–water partition coefficient (Wildman–Crippen LogP) is 1.41. The van der Waals surface area contributed by atoms with Gasteiger partial charge in [0.2, 0.25) is 5.95 Å². The molecule has 0 saturated carbocycles. The first-order valence-electron chi connectivity index (χ1n) is 4.32. The molecular formula is C10H8FN3O. The molecule has 0 aliphatic rings. The maximum Gasteiger partial charge on any atom is 0.288 e. The van der Waals surface area contributed by atoms with Gasteiger partial charge in [0.05, 0.1) is 0 Å². The average molecular weight is 205 g/mol. The Morgan fingerprint density at radius 2 is 2.00 bits per heavy atom. The number of nitrogens with one attached hydrogen (secondary N) is 1. The molecule has 0 bridgehead atoms. The number of carbonyl (C=O) groups is 1. The Labute approximate surface area is 85.3 Å². The molecule has 0 aliphatic carbocycles. The summed E-state index contributed by atoms with van der Waals surface area (Å²) in [4.78, 5) is 15.0. The maximum absolute atomic E-state index is 12.7. The second-order valence-corrected chi connectivity index (χ2v) is 2.88. The van der Waals surface area contributed by atoms with Gasteiger partial charge in [0.25, 0.3) is 5.91 Å². The Bertz CT molecular complexity index is 467. The predicted molar refractivity (Wildman–Crippen MR) is 52.3 cm³/mol. The second-order valence-electron chi connectivity index (χ2n) is 2.88. The Hall–Kier alpha value is -2.17. The summed E-state index contributed by atoms with van der Waals surface area (Å²) in [7, 11) is 0. The fourth-order valence-electron chi connectivity index (χ4n) is 1.12. The quantitative estimate of drug-likeness (QED) is 0.753. The number of halogens is 1. The molecule has 1 amide bonds. The standard InChI is InChI=1S/C10H8FN3O/c11-9-5-3-4-8(12-9)10(15)13-14-6-1-2-7-14/h1-7H,(H,13,15). The van der Waals surface area contributed by atoms with Crippen LogP contribution in [0.3, 0.4) is 0 Å². The smallest absolute Gasteiger partial charge is 0.268 e. The van der Waals surface area contributed by atoms with Crippen LogP contribution >= 0.6 is 0 Å². The molecule has 15 heavy (non-hydrogen) atoms. The van der Waals surface area contributed by atoms with Crippen LogP contribution in [0.1, 0.15) is 10.5 Å². The van der Waals surface area contributed by atoms with Crippen LogP contribution in [0.5, 0.6) is 0 Å². The lowest BCUT2D eigenvalue weighted by atomic mass is 10.3. The van der Waals surface area contributed by atoms with Gasteiger partial charge in [-0.25, -0.2) is 4.98 Å². The normalized spacial score (nSPS) is 9.93. The third kappa shape index (κ3) is 2.19. The van der Waals surface area contributed by atoms with Crippen LogP contribution in [-0.4, -0.2) is 15.6 Å². The molecule has 5 heteroatoms. The highest BCUT2D eigenvalue weighted by molar-refractivity contribution is 5.98. The molecular weight excluding hydrogens is 197 g/mol. The zero-order valence-corrected chi connectivity index (χ0v) is 7.72. The molecule has 1 N–H and O–H groups in total. The lowest BCUT2D eigenvalue weighted by Gasteiger charge is -2.04. The van der Waals surface area contributed by atoms with E-state index in [1.165, 1.54) is 22.9 Å². The van der Waals surface area contributed by atoms with Crippen molar-refractivity contribution in [2.75, 3.05) is 5.43 Å². The Morgan fingerprint density at radius 1 is 1.27 bits per heavy atom. The van der Waals surface area contributed by atoms with Crippen LogP contribution in [0.2, 0.25) is 0 Å². The third-order valence-corrected chi connectivity index (χ3v) is 1.78. The van der Waals surface area contributed by atoms with Crippen LogP contribution in [-0.2, 0) is 0 Å². The van der Waals surface area contributed by atoms with Gasteiger partial charge in [-0.3, -0.25) is 14.9 Å². The molecule has 76 valence electrons. The molecule has 0 saturated heterocycles. The van der Waals surface area contributed by atoms with Gasteiger partial charge < -0.3 is 0 Å². The fourth-order valence-corrected chi connectivity index (χ4v) is 1.12. The van der Waals surface area contributed by atoms with Crippen LogP contribution in [0.25, 0.3) is 0 Å². The van der Waals surface area contributed by atoms with Gasteiger partial charge in [0.15, 0.2) is 0 Å². The first kappa shape index (κ1) is 9.39. The van der Waals surface area contributed by atoms with Crippen LogP contribution in [0, 0.1) is 5.95 Å². The Balaban J connectivity index is 2.15. The van der Waals surface area contributed by atoms with Gasteiger partial charge in [-0.2, -0.15) is 4.39 Å². The monoisotopic (exact) mass is 205 g/mol. The molecule has 0 fully saturated rings. The van der Waals surface area contributed by atoms with E-state index in [9.17, 15) is 9.18 Å². The third-order valence-electron chi connectivity index (χ3n) is 1.78. The van der Waals surface area contributed by atoms with Crippen molar-refractivity contribution in [3.8, 4) is 0 Å². The largest absolute Gasteiger partial charge is 0.288 e. The Morgan fingerprint density at radius 3 is 2.67 bits per heavy atom. The van der Waals surface area contributed by atoms with E-state index >= 15 is 0 Å². The lowest BCUT2D eigenvalue weighted by molar-refractivity contribution is 0.100. The zero-order valence-electron chi connectivity index (χ0n) is 7.72. The number of carbonyl (C=O) groups excluding carboxylic acids is 1. The summed E-state index contributed by atoms with van der Waals surface area (Å²) in [6, 6.07) is 7.60. The van der Waals surface area contributed by atoms with E-state index in [1.807, 2.05) is 0 Å². The number of rotatable bonds is 2. The van der Waals surface area contributed by atoms with Crippen molar-refractivity contribution in [3.05, 3.63) is 54.4 Å². The molecule has 4 nitrogen and oxygen atoms in total. The van der Waals surface area contributed by atoms with Crippen LogP contribution in [0.15, 0.2) is 42.7 Å². The van der Waals surface area contributed by atoms with Crippen molar-refractivity contribution in [2.24, 2.45) is 0 Å². The summed E-state index contributed by atoms with van der Waals surface area (Å²) >= 11 is 0. The molecule has 2 heterocycles. The summed E-state index contributed by atoms with van der Waals surface area (Å²) in [5.41, 5.74) is 2.56. The van der Waals surface area contributed by atoms with E-state index in [2.05, 4.69) is 10.4 Å². The topological polar surface area (TPSA) is 46.9 Å². The van der Waals surface area contributed by atoms with Crippen molar-refractivity contribution in [3.63, 3.8) is 0 Å². The summed E-state index contributed by atoms with van der Waals surface area (Å²) in [6.45, 7) is 0. The minimum absolute atomic E-state index is 0.0451. The maximum atomic E-state index is 12.7. The second kappa shape index (κ2) is 3.91. The van der Waals surface area contributed by atoms with Crippen molar-refractivity contribution >= 4 is 5.91 Å². The minimum atomic E-state index is -0.671. The van der Waals surface area contributed by atoms with E-state index in [4.69, 9.17) is 0 Å². The highest BCUT2D eigenvalue weighted by Crippen LogP contribution is 1.98. The summed E-state index contributed by atoms with van der Waals surface area (Å²) < 4.78 is 14.2. The lowest BCUT2D eigenvalue weighted by Crippen LogP contribution is -2.22. The summed E-state index contributed by atoms with van der Waals surface area (Å²) in [5, 5.41) is 0. The van der Waals surface area contributed by atoms with E-state index in [0.717, 1.165) is 0 Å². The zero-order chi connectivity index (χ0) is 10.7. The van der Waals surface area contributed by atoms with Crippen molar-refractivity contribution in [2.45, 2.75) is 0 Å². The molecule has 2 aromatic heterocycles. The molecule has 0 aliphatic heterocycles. The highest BCUT2D eigenvalue weighted by Gasteiger charge is 2.07. The van der Waals surface area contributed by atoms with Gasteiger partial charge in [-0.15, -0.1) is 0 Å². The molecule has 0 spiro atoms. The van der Waals surface area contributed by atoms with E-state index in [0.29, 0.717) is 0 Å². The van der Waals surface area contributed by atoms with Crippen LogP contribution < -0.4 is 5.43 Å². The summed E-state index contributed by atoms with van der Waals surface area (Å²) in [5.74, 6) is -1.12. The first-order chi connectivity index (χ1) is 7.25. The van der Waals surface area contributed by atoms with Gasteiger partial charge in [-0.05, 0) is 24.3 Å². The van der Waals surface area contributed by atoms with Gasteiger partial charge >= 0.3 is 0 Å². The Kier molecular flexibility index (Phi) is 2.45. The van der Waals surface area contributed by atoms with E-state index < -0.39 is 11.9 Å².